The van der Waals surface area contributed by atoms with E-state index in [-0.39, 0.29) is 24.7 Å². The van der Waals surface area contributed by atoms with E-state index in [0.717, 1.165) is 45.3 Å². The van der Waals surface area contributed by atoms with Gasteiger partial charge in [-0.1, -0.05) is 0 Å². The molecule has 0 bridgehead atoms. The van der Waals surface area contributed by atoms with E-state index in [9.17, 15) is 4.79 Å². The van der Waals surface area contributed by atoms with Crippen molar-refractivity contribution in [3.8, 4) is 0 Å². The van der Waals surface area contributed by atoms with Crippen molar-refractivity contribution in [1.29, 1.82) is 0 Å². The zero-order valence-electron chi connectivity index (χ0n) is 11.2. The Morgan fingerprint density at radius 3 is 2.78 bits per heavy atom. The summed E-state index contributed by atoms with van der Waals surface area (Å²) < 4.78 is 11.0. The van der Waals surface area contributed by atoms with Gasteiger partial charge in [0.2, 0.25) is 5.91 Å². The summed E-state index contributed by atoms with van der Waals surface area (Å²) in [6, 6.07) is 0. The maximum absolute atomic E-state index is 12.0. The van der Waals surface area contributed by atoms with Crippen LogP contribution in [0.3, 0.4) is 0 Å². The van der Waals surface area contributed by atoms with Crippen LogP contribution in [-0.2, 0) is 14.3 Å². The van der Waals surface area contributed by atoms with E-state index < -0.39 is 0 Å². The number of hydrogen-bond acceptors (Lipinski definition) is 4. The van der Waals surface area contributed by atoms with Gasteiger partial charge in [0.15, 0.2) is 0 Å². The number of nitrogens with zero attached hydrogens (tertiary/aromatic N) is 1. The minimum atomic E-state index is 0.107. The van der Waals surface area contributed by atoms with Crippen LogP contribution in [0.25, 0.3) is 0 Å². The summed E-state index contributed by atoms with van der Waals surface area (Å²) in [5.41, 5.74) is 0. The minimum absolute atomic E-state index is 0.107. The van der Waals surface area contributed by atoms with Gasteiger partial charge in [0.25, 0.3) is 0 Å². The van der Waals surface area contributed by atoms with E-state index in [1.807, 2.05) is 4.90 Å². The summed E-state index contributed by atoms with van der Waals surface area (Å²) in [4.78, 5) is 13.9. The molecule has 0 saturated carbocycles. The molecule has 1 unspecified atom stereocenters. The van der Waals surface area contributed by atoms with Crippen LogP contribution >= 0.6 is 0 Å². The Kier molecular flexibility index (Phi) is 5.41. The number of hydrogen-bond donors (Lipinski definition) is 1. The molecule has 2 rings (SSSR count). The molecule has 18 heavy (non-hydrogen) atoms. The smallest absolute Gasteiger partial charge is 0.248 e. The first kappa shape index (κ1) is 13.8. The second-order valence-corrected chi connectivity index (χ2v) is 5.10. The van der Waals surface area contributed by atoms with Crippen molar-refractivity contribution in [3.05, 3.63) is 0 Å². The molecule has 1 amide bonds. The number of piperidine rings is 2. The van der Waals surface area contributed by atoms with Crippen molar-refractivity contribution >= 4 is 5.91 Å². The SMILES string of the molecule is COC1CCCN(C(=O)COC2CCNCC2)C1. The summed E-state index contributed by atoms with van der Waals surface area (Å²) in [6.45, 7) is 3.77. The number of amides is 1. The van der Waals surface area contributed by atoms with E-state index >= 15 is 0 Å². The molecule has 104 valence electrons. The van der Waals surface area contributed by atoms with Crippen molar-refractivity contribution in [1.82, 2.24) is 10.2 Å². The van der Waals surface area contributed by atoms with E-state index in [1.165, 1.54) is 0 Å². The van der Waals surface area contributed by atoms with Crippen molar-refractivity contribution < 1.29 is 14.3 Å². The van der Waals surface area contributed by atoms with Gasteiger partial charge in [-0.25, -0.2) is 0 Å². The highest BCUT2D eigenvalue weighted by Gasteiger charge is 2.24. The molecule has 2 saturated heterocycles. The molecular weight excluding hydrogens is 232 g/mol. The van der Waals surface area contributed by atoms with E-state index in [4.69, 9.17) is 9.47 Å². The standard InChI is InChI=1S/C13H24N2O3/c1-17-12-3-2-8-15(9-12)13(16)10-18-11-4-6-14-7-5-11/h11-12,14H,2-10H2,1H3. The molecule has 0 aromatic carbocycles. The Bertz CT molecular complexity index is 267. The Labute approximate surface area is 109 Å². The largest absolute Gasteiger partial charge is 0.380 e. The third-order valence-corrected chi connectivity index (χ3v) is 3.79. The first-order valence-corrected chi connectivity index (χ1v) is 6.92. The van der Waals surface area contributed by atoms with Crippen LogP contribution in [0.2, 0.25) is 0 Å². The molecule has 5 nitrogen and oxygen atoms in total. The first-order chi connectivity index (χ1) is 8.79. The summed E-state index contributed by atoms with van der Waals surface area (Å²) in [7, 11) is 1.71. The first-order valence-electron chi connectivity index (χ1n) is 6.92. The number of carbonyl (C=O) groups is 1. The van der Waals surface area contributed by atoms with E-state index in [2.05, 4.69) is 5.32 Å². The predicted molar refractivity (Wildman–Crippen MR) is 68.5 cm³/mol. The summed E-state index contributed by atoms with van der Waals surface area (Å²) >= 11 is 0. The third-order valence-electron chi connectivity index (χ3n) is 3.79. The van der Waals surface area contributed by atoms with Gasteiger partial charge in [0, 0.05) is 20.2 Å². The van der Waals surface area contributed by atoms with E-state index in [0.29, 0.717) is 6.54 Å². The van der Waals surface area contributed by atoms with Crippen LogP contribution in [0.5, 0.6) is 0 Å². The van der Waals surface area contributed by atoms with Gasteiger partial charge in [0.05, 0.1) is 12.2 Å². The highest BCUT2D eigenvalue weighted by atomic mass is 16.5. The van der Waals surface area contributed by atoms with Crippen LogP contribution in [0.4, 0.5) is 0 Å². The minimum Gasteiger partial charge on any atom is -0.380 e. The Morgan fingerprint density at radius 1 is 1.28 bits per heavy atom. The normalized spacial score (nSPS) is 26.3. The number of nitrogens with one attached hydrogen (secondary N) is 1. The number of methoxy groups -OCH3 is 1. The molecule has 1 N–H and O–H groups in total. The van der Waals surface area contributed by atoms with Crippen LogP contribution < -0.4 is 5.32 Å². The lowest BCUT2D eigenvalue weighted by Gasteiger charge is -2.32. The van der Waals surface area contributed by atoms with Gasteiger partial charge in [0.1, 0.15) is 6.61 Å². The zero-order chi connectivity index (χ0) is 12.8. The second-order valence-electron chi connectivity index (χ2n) is 5.10. The molecule has 1 atom stereocenters. The quantitative estimate of drug-likeness (QED) is 0.790. The average Bonchev–Trinajstić information content (AvgIpc) is 2.46. The molecule has 2 fully saturated rings. The number of likely N-dealkylation sites (tertiary alicyclic amines) is 1. The highest BCUT2D eigenvalue weighted by Crippen LogP contribution is 2.13. The Hall–Kier alpha value is -0.650. The molecule has 0 aromatic rings. The molecule has 5 heteroatoms. The molecule has 2 aliphatic heterocycles. The van der Waals surface area contributed by atoms with Gasteiger partial charge in [-0.15, -0.1) is 0 Å². The summed E-state index contributed by atoms with van der Waals surface area (Å²) in [6.07, 6.45) is 4.54. The van der Waals surface area contributed by atoms with Gasteiger partial charge < -0.3 is 19.7 Å². The van der Waals surface area contributed by atoms with Crippen LogP contribution in [-0.4, -0.2) is 62.9 Å². The topological polar surface area (TPSA) is 50.8 Å². The number of ether oxygens (including phenoxy) is 2. The fraction of sp³-hybridized carbons (Fsp3) is 0.923. The van der Waals surface area contributed by atoms with Gasteiger partial charge in [-0.2, -0.15) is 0 Å². The predicted octanol–water partition coefficient (Wildman–Crippen LogP) is 0.392. The molecule has 0 aromatic heterocycles. The highest BCUT2D eigenvalue weighted by molar-refractivity contribution is 5.77. The summed E-state index contributed by atoms with van der Waals surface area (Å²) in [5.74, 6) is 0.107. The maximum atomic E-state index is 12.0. The van der Waals surface area contributed by atoms with Gasteiger partial charge >= 0.3 is 0 Å². The Balaban J connectivity index is 1.70. The lowest BCUT2D eigenvalue weighted by molar-refractivity contribution is -0.142. The molecule has 2 heterocycles. The number of carbonyl (C=O) groups excluding carboxylic acids is 1. The van der Waals surface area contributed by atoms with Crippen LogP contribution in [0.1, 0.15) is 25.7 Å². The van der Waals surface area contributed by atoms with Gasteiger partial charge in [-0.3, -0.25) is 4.79 Å². The maximum Gasteiger partial charge on any atom is 0.248 e. The lowest BCUT2D eigenvalue weighted by atomic mass is 10.1. The fourth-order valence-corrected chi connectivity index (χ4v) is 2.60. The molecule has 0 aliphatic carbocycles. The van der Waals surface area contributed by atoms with Crippen molar-refractivity contribution in [2.24, 2.45) is 0 Å². The van der Waals surface area contributed by atoms with Gasteiger partial charge in [-0.05, 0) is 38.8 Å². The number of rotatable bonds is 4. The molecule has 0 radical (unpaired) electrons. The second kappa shape index (κ2) is 7.07. The van der Waals surface area contributed by atoms with Crippen molar-refractivity contribution in [2.75, 3.05) is 39.9 Å². The van der Waals surface area contributed by atoms with Crippen LogP contribution in [0, 0.1) is 0 Å². The zero-order valence-corrected chi connectivity index (χ0v) is 11.2. The van der Waals surface area contributed by atoms with Crippen molar-refractivity contribution in [2.45, 2.75) is 37.9 Å². The molecule has 0 spiro atoms. The Morgan fingerprint density at radius 2 is 2.06 bits per heavy atom. The lowest BCUT2D eigenvalue weighted by Crippen LogP contribution is -2.45. The van der Waals surface area contributed by atoms with Crippen molar-refractivity contribution in [3.63, 3.8) is 0 Å². The summed E-state index contributed by atoms with van der Waals surface area (Å²) in [5, 5.41) is 3.29. The third kappa shape index (κ3) is 3.93. The monoisotopic (exact) mass is 256 g/mol. The van der Waals surface area contributed by atoms with Crippen LogP contribution in [0.15, 0.2) is 0 Å². The fourth-order valence-electron chi connectivity index (χ4n) is 2.60. The van der Waals surface area contributed by atoms with E-state index in [1.54, 1.807) is 7.11 Å². The average molecular weight is 256 g/mol. The molecule has 2 aliphatic rings. The molecular formula is C13H24N2O3.